The Hall–Kier alpha value is -4.43. The van der Waals surface area contributed by atoms with Crippen molar-refractivity contribution < 1.29 is 27.1 Å². The maximum absolute atomic E-state index is 13.5. The molecule has 11 heteroatoms. The van der Waals surface area contributed by atoms with Crippen LogP contribution in [0.4, 0.5) is 13.2 Å². The zero-order chi connectivity index (χ0) is 27.8. The molecule has 4 aromatic rings. The summed E-state index contributed by atoms with van der Waals surface area (Å²) in [4.78, 5) is 23.3. The molecule has 0 unspecified atom stereocenters. The predicted octanol–water partition coefficient (Wildman–Crippen LogP) is 5.07. The average Bonchev–Trinajstić information content (AvgIpc) is 3.40. The van der Waals surface area contributed by atoms with Crippen molar-refractivity contribution in [1.29, 1.82) is 5.26 Å². The summed E-state index contributed by atoms with van der Waals surface area (Å²) in [5.74, 6) is -0.0606. The van der Waals surface area contributed by atoms with Crippen LogP contribution in [0.15, 0.2) is 59.0 Å². The standard InChI is InChI=1S/C28H24F3N5O3/c1-38-20-9-7-19(18-8-10-22(28(29,30)31)34-23(18)20)25-35-24(21(15-32)39-25)26(37)36-13-11-27(16-33,12-14-36)17-5-3-2-4-6-17/h2-10H,11-15,32H2,1H3. The summed E-state index contributed by atoms with van der Waals surface area (Å²) >= 11 is 0. The van der Waals surface area contributed by atoms with Gasteiger partial charge in [0.05, 0.1) is 25.1 Å². The number of hydrogen-bond acceptors (Lipinski definition) is 7. The molecule has 39 heavy (non-hydrogen) atoms. The number of piperidine rings is 1. The summed E-state index contributed by atoms with van der Waals surface area (Å²) in [5, 5.41) is 10.3. The van der Waals surface area contributed by atoms with E-state index in [0.29, 0.717) is 36.9 Å². The van der Waals surface area contributed by atoms with Gasteiger partial charge >= 0.3 is 6.18 Å². The van der Waals surface area contributed by atoms with Gasteiger partial charge in [-0.05, 0) is 42.7 Å². The highest BCUT2D eigenvalue weighted by Crippen LogP contribution is 2.38. The Bertz CT molecular complexity index is 1570. The molecule has 0 spiro atoms. The molecule has 1 fully saturated rings. The number of carbonyl (C=O) groups is 1. The first kappa shape index (κ1) is 26.2. The SMILES string of the molecule is COc1ccc(-c2nc(C(=O)N3CCC(C#N)(c4ccccc4)CC3)c(CN)o2)c2ccc(C(F)(F)F)nc12. The third kappa shape index (κ3) is 4.68. The monoisotopic (exact) mass is 535 g/mol. The van der Waals surface area contributed by atoms with Gasteiger partial charge in [-0.2, -0.15) is 18.4 Å². The van der Waals surface area contributed by atoms with E-state index in [2.05, 4.69) is 16.0 Å². The normalized spacial score (nSPS) is 15.2. The average molecular weight is 536 g/mol. The molecule has 0 radical (unpaired) electrons. The lowest BCUT2D eigenvalue weighted by Gasteiger charge is -2.37. The van der Waals surface area contributed by atoms with Crippen LogP contribution in [0.3, 0.4) is 0 Å². The third-order valence-electron chi connectivity index (χ3n) is 7.09. The molecule has 1 amide bonds. The molecular formula is C28H24F3N5O3. The topological polar surface area (TPSA) is 118 Å². The van der Waals surface area contributed by atoms with E-state index in [0.717, 1.165) is 11.6 Å². The molecule has 0 saturated carbocycles. The van der Waals surface area contributed by atoms with Crippen molar-refractivity contribution in [3.05, 3.63) is 77.3 Å². The molecule has 1 saturated heterocycles. The molecule has 1 aliphatic heterocycles. The third-order valence-corrected chi connectivity index (χ3v) is 7.09. The molecule has 8 nitrogen and oxygen atoms in total. The molecule has 0 atom stereocenters. The first-order valence-corrected chi connectivity index (χ1v) is 12.2. The van der Waals surface area contributed by atoms with Gasteiger partial charge in [-0.1, -0.05) is 30.3 Å². The number of pyridine rings is 1. The second kappa shape index (κ2) is 10.0. The number of alkyl halides is 3. The van der Waals surface area contributed by atoms with Crippen molar-refractivity contribution in [3.63, 3.8) is 0 Å². The van der Waals surface area contributed by atoms with Crippen molar-refractivity contribution in [2.45, 2.75) is 31.0 Å². The second-order valence-corrected chi connectivity index (χ2v) is 9.25. The number of nitrogens with two attached hydrogens (primary N) is 1. The number of amides is 1. The molecule has 0 aliphatic carbocycles. The summed E-state index contributed by atoms with van der Waals surface area (Å²) < 4.78 is 51.0. The number of rotatable bonds is 5. The number of hydrogen-bond donors (Lipinski definition) is 1. The van der Waals surface area contributed by atoms with E-state index in [9.17, 15) is 23.2 Å². The molecular weight excluding hydrogens is 511 g/mol. The number of halogens is 3. The number of likely N-dealkylation sites (tertiary alicyclic amines) is 1. The predicted molar refractivity (Wildman–Crippen MR) is 136 cm³/mol. The van der Waals surface area contributed by atoms with Crippen molar-refractivity contribution >= 4 is 16.8 Å². The second-order valence-electron chi connectivity index (χ2n) is 9.25. The zero-order valence-corrected chi connectivity index (χ0v) is 21.0. The van der Waals surface area contributed by atoms with Crippen molar-refractivity contribution in [3.8, 4) is 23.3 Å². The Morgan fingerprint density at radius 1 is 1.13 bits per heavy atom. The number of carbonyl (C=O) groups excluding carboxylic acids is 1. The summed E-state index contributed by atoms with van der Waals surface area (Å²) in [6.07, 6.45) is -3.72. The Morgan fingerprint density at radius 2 is 1.85 bits per heavy atom. The Balaban J connectivity index is 1.47. The number of oxazole rings is 1. The molecule has 2 aromatic heterocycles. The quantitative estimate of drug-likeness (QED) is 0.379. The fourth-order valence-electron chi connectivity index (χ4n) is 4.94. The van der Waals surface area contributed by atoms with Gasteiger partial charge in [0.25, 0.3) is 5.91 Å². The van der Waals surface area contributed by atoms with Crippen LogP contribution in [0.25, 0.3) is 22.4 Å². The van der Waals surface area contributed by atoms with E-state index >= 15 is 0 Å². The van der Waals surface area contributed by atoms with Crippen LogP contribution in [0.5, 0.6) is 5.75 Å². The van der Waals surface area contributed by atoms with E-state index in [1.807, 2.05) is 30.3 Å². The number of methoxy groups -OCH3 is 1. The minimum atomic E-state index is -4.64. The molecule has 5 rings (SSSR count). The number of ether oxygens (including phenoxy) is 1. The number of nitrogens with zero attached hydrogens (tertiary/aromatic N) is 4. The highest BCUT2D eigenvalue weighted by atomic mass is 19.4. The summed E-state index contributed by atoms with van der Waals surface area (Å²) in [6.45, 7) is 0.560. The summed E-state index contributed by atoms with van der Waals surface area (Å²) in [5.41, 5.74) is 5.39. The van der Waals surface area contributed by atoms with Crippen LogP contribution in [-0.2, 0) is 18.1 Å². The molecule has 0 bridgehead atoms. The van der Waals surface area contributed by atoms with Crippen molar-refractivity contribution in [2.75, 3.05) is 20.2 Å². The largest absolute Gasteiger partial charge is 0.494 e. The Morgan fingerprint density at radius 3 is 2.46 bits per heavy atom. The minimum absolute atomic E-state index is 0.0185. The lowest BCUT2D eigenvalue weighted by molar-refractivity contribution is -0.140. The fourth-order valence-corrected chi connectivity index (χ4v) is 4.94. The Labute approximate surface area is 221 Å². The van der Waals surface area contributed by atoms with E-state index in [1.54, 1.807) is 11.0 Å². The van der Waals surface area contributed by atoms with Crippen LogP contribution in [-0.4, -0.2) is 41.0 Å². The van der Waals surface area contributed by atoms with Crippen LogP contribution in [0.2, 0.25) is 0 Å². The van der Waals surface area contributed by atoms with Gasteiger partial charge in [0, 0.05) is 24.0 Å². The van der Waals surface area contributed by atoms with E-state index in [1.165, 1.54) is 19.2 Å². The molecule has 2 aromatic carbocycles. The number of nitriles is 1. The minimum Gasteiger partial charge on any atom is -0.494 e. The van der Waals surface area contributed by atoms with Gasteiger partial charge in [-0.25, -0.2) is 9.97 Å². The van der Waals surface area contributed by atoms with Crippen LogP contribution in [0.1, 0.15) is 40.3 Å². The first-order chi connectivity index (χ1) is 18.7. The van der Waals surface area contributed by atoms with E-state index in [4.69, 9.17) is 14.9 Å². The van der Waals surface area contributed by atoms with Gasteiger partial charge in [-0.3, -0.25) is 4.79 Å². The van der Waals surface area contributed by atoms with Crippen molar-refractivity contribution in [1.82, 2.24) is 14.9 Å². The van der Waals surface area contributed by atoms with Gasteiger partial charge in [0.1, 0.15) is 17.0 Å². The number of fused-ring (bicyclic) bond motifs is 1. The van der Waals surface area contributed by atoms with Gasteiger partial charge in [-0.15, -0.1) is 0 Å². The molecule has 200 valence electrons. The lowest BCUT2D eigenvalue weighted by atomic mass is 9.74. The maximum atomic E-state index is 13.5. The van der Waals surface area contributed by atoms with Crippen LogP contribution >= 0.6 is 0 Å². The number of benzene rings is 2. The zero-order valence-electron chi connectivity index (χ0n) is 21.0. The summed E-state index contributed by atoms with van der Waals surface area (Å²) in [6, 6.07) is 17.1. The molecule has 1 aliphatic rings. The highest BCUT2D eigenvalue weighted by molar-refractivity contribution is 5.98. The van der Waals surface area contributed by atoms with Crippen LogP contribution in [0, 0.1) is 11.3 Å². The molecule has 3 heterocycles. The molecule has 2 N–H and O–H groups in total. The van der Waals surface area contributed by atoms with Gasteiger partial charge < -0.3 is 19.8 Å². The van der Waals surface area contributed by atoms with Crippen molar-refractivity contribution in [2.24, 2.45) is 5.73 Å². The maximum Gasteiger partial charge on any atom is 0.433 e. The van der Waals surface area contributed by atoms with Crippen LogP contribution < -0.4 is 10.5 Å². The highest BCUT2D eigenvalue weighted by Gasteiger charge is 2.39. The Kier molecular flexibility index (Phi) is 6.74. The lowest BCUT2D eigenvalue weighted by Crippen LogP contribution is -2.45. The van der Waals surface area contributed by atoms with E-state index < -0.39 is 17.3 Å². The number of aromatic nitrogens is 2. The fraction of sp³-hybridized carbons (Fsp3) is 0.286. The van der Waals surface area contributed by atoms with E-state index in [-0.39, 0.29) is 41.1 Å². The smallest absolute Gasteiger partial charge is 0.433 e. The first-order valence-electron chi connectivity index (χ1n) is 12.2. The van der Waals surface area contributed by atoms with Gasteiger partial charge in [0.2, 0.25) is 5.89 Å². The van der Waals surface area contributed by atoms with Gasteiger partial charge in [0.15, 0.2) is 11.5 Å². The summed E-state index contributed by atoms with van der Waals surface area (Å²) in [7, 11) is 1.34.